The van der Waals surface area contributed by atoms with E-state index in [1.54, 1.807) is 29.5 Å². The van der Waals surface area contributed by atoms with E-state index in [1.165, 1.54) is 6.20 Å². The van der Waals surface area contributed by atoms with Crippen molar-refractivity contribution in [3.05, 3.63) is 92.5 Å². The van der Waals surface area contributed by atoms with E-state index in [0.717, 1.165) is 21.5 Å². The second-order valence-electron chi connectivity index (χ2n) is 6.05. The molecule has 0 aliphatic carbocycles. The maximum atomic E-state index is 12.9. The fourth-order valence-corrected chi connectivity index (χ4v) is 3.82. The number of rotatable bonds is 4. The molecule has 27 heavy (non-hydrogen) atoms. The Morgan fingerprint density at radius 1 is 1.07 bits per heavy atom. The van der Waals surface area contributed by atoms with E-state index in [1.807, 2.05) is 41.8 Å². The van der Waals surface area contributed by atoms with Crippen LogP contribution in [0.1, 0.15) is 15.9 Å². The van der Waals surface area contributed by atoms with Crippen molar-refractivity contribution in [3.63, 3.8) is 0 Å². The van der Waals surface area contributed by atoms with Crippen LogP contribution in [0, 0.1) is 0 Å². The third-order valence-electron chi connectivity index (χ3n) is 4.31. The molecule has 4 nitrogen and oxygen atoms in total. The van der Waals surface area contributed by atoms with Gasteiger partial charge >= 0.3 is 0 Å². The van der Waals surface area contributed by atoms with E-state index >= 15 is 0 Å². The van der Waals surface area contributed by atoms with Crippen LogP contribution in [0.25, 0.3) is 21.3 Å². The number of thiophene rings is 1. The van der Waals surface area contributed by atoms with Gasteiger partial charge in [-0.25, -0.2) is 0 Å². The summed E-state index contributed by atoms with van der Waals surface area (Å²) in [6, 6.07) is 16.7. The van der Waals surface area contributed by atoms with Crippen LogP contribution in [0.2, 0.25) is 5.02 Å². The van der Waals surface area contributed by atoms with Gasteiger partial charge in [0.2, 0.25) is 5.43 Å². The van der Waals surface area contributed by atoms with Crippen molar-refractivity contribution in [3.8, 4) is 10.4 Å². The van der Waals surface area contributed by atoms with Crippen LogP contribution in [0.15, 0.2) is 71.0 Å². The molecule has 0 fully saturated rings. The van der Waals surface area contributed by atoms with Crippen LogP contribution < -0.4 is 10.7 Å². The highest BCUT2D eigenvalue weighted by Gasteiger charge is 2.15. The van der Waals surface area contributed by atoms with Gasteiger partial charge in [-0.3, -0.25) is 9.59 Å². The lowest BCUT2D eigenvalue weighted by Crippen LogP contribution is -2.28. The van der Waals surface area contributed by atoms with E-state index < -0.39 is 5.91 Å². The van der Waals surface area contributed by atoms with Crippen LogP contribution >= 0.6 is 22.9 Å². The number of fused-ring (bicyclic) bond motifs is 1. The minimum absolute atomic E-state index is 0.0970. The van der Waals surface area contributed by atoms with Gasteiger partial charge in [0, 0.05) is 33.6 Å². The number of H-pyrrole nitrogens is 1. The van der Waals surface area contributed by atoms with Crippen molar-refractivity contribution in [1.82, 2.24) is 10.3 Å². The van der Waals surface area contributed by atoms with Crippen molar-refractivity contribution < 1.29 is 4.79 Å². The summed E-state index contributed by atoms with van der Waals surface area (Å²) in [6.07, 6.45) is 1.49. The van der Waals surface area contributed by atoms with Gasteiger partial charge in [-0.05, 0) is 35.2 Å². The minimum atomic E-state index is -0.408. The lowest BCUT2D eigenvalue weighted by Gasteiger charge is -2.08. The molecular weight excluding hydrogens is 380 g/mol. The third-order valence-corrected chi connectivity index (χ3v) is 5.47. The van der Waals surface area contributed by atoms with Gasteiger partial charge in [-0.2, -0.15) is 0 Å². The quantitative estimate of drug-likeness (QED) is 0.520. The average molecular weight is 395 g/mol. The lowest BCUT2D eigenvalue weighted by molar-refractivity contribution is 0.0949. The zero-order valence-corrected chi connectivity index (χ0v) is 15.7. The first-order valence-electron chi connectivity index (χ1n) is 8.34. The molecule has 0 atom stereocenters. The van der Waals surface area contributed by atoms with Crippen molar-refractivity contribution in [2.75, 3.05) is 0 Å². The summed E-state index contributed by atoms with van der Waals surface area (Å²) in [5.41, 5.74) is 2.41. The summed E-state index contributed by atoms with van der Waals surface area (Å²) in [7, 11) is 0. The molecule has 0 saturated carbocycles. The van der Waals surface area contributed by atoms with E-state index in [9.17, 15) is 9.59 Å². The van der Waals surface area contributed by atoms with Crippen LogP contribution in [0.4, 0.5) is 0 Å². The van der Waals surface area contributed by atoms with Gasteiger partial charge in [-0.15, -0.1) is 11.3 Å². The SMILES string of the molecule is O=C(NCc1ccc(Cl)cc1)c1c[nH]c2c(-c3cccs3)cccc2c1=O. The monoisotopic (exact) mass is 394 g/mol. The highest BCUT2D eigenvalue weighted by atomic mass is 35.5. The number of halogens is 1. The predicted octanol–water partition coefficient (Wildman–Crippen LogP) is 4.84. The zero-order valence-electron chi connectivity index (χ0n) is 14.2. The highest BCUT2D eigenvalue weighted by molar-refractivity contribution is 7.13. The summed E-state index contributed by atoms with van der Waals surface area (Å²) >= 11 is 7.47. The Kier molecular flexibility index (Phi) is 4.79. The van der Waals surface area contributed by atoms with Crippen molar-refractivity contribution in [2.45, 2.75) is 6.54 Å². The Morgan fingerprint density at radius 3 is 2.63 bits per heavy atom. The molecule has 0 saturated heterocycles. The number of carbonyl (C=O) groups excluding carboxylic acids is 1. The number of aromatic nitrogens is 1. The number of carbonyl (C=O) groups is 1. The molecular formula is C21H15ClN2O2S. The van der Waals surface area contributed by atoms with Gasteiger partial charge < -0.3 is 10.3 Å². The maximum Gasteiger partial charge on any atom is 0.257 e. The first-order chi connectivity index (χ1) is 13.1. The normalized spacial score (nSPS) is 10.9. The molecule has 0 spiro atoms. The fraction of sp³-hybridized carbons (Fsp3) is 0.0476. The number of hydrogen-bond acceptors (Lipinski definition) is 3. The summed E-state index contributed by atoms with van der Waals surface area (Å²) in [5, 5.41) is 5.91. The molecule has 0 unspecified atom stereocenters. The number of benzene rings is 2. The van der Waals surface area contributed by atoms with Gasteiger partial charge in [0.1, 0.15) is 5.56 Å². The van der Waals surface area contributed by atoms with E-state index in [4.69, 9.17) is 11.6 Å². The van der Waals surface area contributed by atoms with Gasteiger partial charge in [0.15, 0.2) is 0 Å². The van der Waals surface area contributed by atoms with E-state index in [0.29, 0.717) is 17.0 Å². The van der Waals surface area contributed by atoms with Crippen molar-refractivity contribution >= 4 is 39.7 Å². The summed E-state index contributed by atoms with van der Waals surface area (Å²) in [5.74, 6) is -0.408. The maximum absolute atomic E-state index is 12.9. The molecule has 0 aliphatic rings. The first kappa shape index (κ1) is 17.5. The van der Waals surface area contributed by atoms with Crippen molar-refractivity contribution in [2.24, 2.45) is 0 Å². The zero-order chi connectivity index (χ0) is 18.8. The summed E-state index contributed by atoms with van der Waals surface area (Å²) in [6.45, 7) is 0.322. The standard InChI is InChI=1S/C21H15ClN2O2S/c22-14-8-6-13(7-9-14)11-24-21(26)17-12-23-19-15(18-5-2-10-27-18)3-1-4-16(19)20(17)25/h1-10,12H,11H2,(H,23,25)(H,24,26). The molecule has 0 bridgehead atoms. The Bertz CT molecular complexity index is 1170. The van der Waals surface area contributed by atoms with Gasteiger partial charge in [-0.1, -0.05) is 41.9 Å². The molecule has 4 rings (SSSR count). The molecule has 2 heterocycles. The summed E-state index contributed by atoms with van der Waals surface area (Å²) in [4.78, 5) is 29.6. The molecule has 2 N–H and O–H groups in total. The highest BCUT2D eigenvalue weighted by Crippen LogP contribution is 2.29. The third kappa shape index (κ3) is 3.52. The second-order valence-corrected chi connectivity index (χ2v) is 7.43. The molecule has 2 aromatic heterocycles. The number of pyridine rings is 1. The van der Waals surface area contributed by atoms with Crippen LogP contribution in [0.3, 0.4) is 0 Å². The molecule has 0 radical (unpaired) electrons. The molecule has 2 aromatic carbocycles. The Morgan fingerprint density at radius 2 is 1.89 bits per heavy atom. The van der Waals surface area contributed by atoms with Gasteiger partial charge in [0.25, 0.3) is 5.91 Å². The lowest BCUT2D eigenvalue weighted by atomic mass is 10.1. The second kappa shape index (κ2) is 7.39. The number of para-hydroxylation sites is 1. The van der Waals surface area contributed by atoms with Crippen molar-refractivity contribution in [1.29, 1.82) is 0 Å². The Labute approximate surface area is 164 Å². The molecule has 6 heteroatoms. The van der Waals surface area contributed by atoms with Gasteiger partial charge in [0.05, 0.1) is 5.52 Å². The molecule has 134 valence electrons. The fourth-order valence-electron chi connectivity index (χ4n) is 2.94. The van der Waals surface area contributed by atoms with Crippen LogP contribution in [-0.4, -0.2) is 10.9 Å². The molecule has 4 aromatic rings. The van der Waals surface area contributed by atoms with E-state index in [2.05, 4.69) is 10.3 Å². The van der Waals surface area contributed by atoms with Crippen LogP contribution in [-0.2, 0) is 6.54 Å². The minimum Gasteiger partial charge on any atom is -0.360 e. The van der Waals surface area contributed by atoms with E-state index in [-0.39, 0.29) is 11.0 Å². The Hall–Kier alpha value is -2.89. The average Bonchev–Trinajstić information content (AvgIpc) is 3.22. The molecule has 1 amide bonds. The Balaban J connectivity index is 1.64. The number of hydrogen-bond donors (Lipinski definition) is 2. The first-order valence-corrected chi connectivity index (χ1v) is 9.60. The van der Waals surface area contributed by atoms with Crippen LogP contribution in [0.5, 0.6) is 0 Å². The predicted molar refractivity (Wildman–Crippen MR) is 111 cm³/mol. The topological polar surface area (TPSA) is 62.0 Å². The molecule has 0 aliphatic heterocycles. The smallest absolute Gasteiger partial charge is 0.257 e. The largest absolute Gasteiger partial charge is 0.360 e. The number of nitrogens with one attached hydrogen (secondary N) is 2. The summed E-state index contributed by atoms with van der Waals surface area (Å²) < 4.78 is 0. The number of aromatic amines is 1. The number of amides is 1.